The Morgan fingerprint density at radius 1 is 1.36 bits per heavy atom. The number of anilines is 1. The van der Waals surface area contributed by atoms with Gasteiger partial charge in [-0.1, -0.05) is 12.2 Å². The Morgan fingerprint density at radius 2 is 2.08 bits per heavy atom. The minimum atomic E-state index is -0.444. The Balaban J connectivity index is 1.96. The van der Waals surface area contributed by atoms with Crippen LogP contribution < -0.4 is 4.90 Å². The van der Waals surface area contributed by atoms with E-state index in [9.17, 15) is 9.59 Å². The second kappa shape index (κ2) is 9.15. The number of ether oxygens (including phenoxy) is 1. The molecule has 0 radical (unpaired) electrons. The number of hydrogen-bond acceptors (Lipinski definition) is 6. The summed E-state index contributed by atoms with van der Waals surface area (Å²) in [4.78, 5) is 36.7. The minimum Gasteiger partial charge on any atom is -0.454 e. The Morgan fingerprint density at radius 3 is 2.72 bits per heavy atom. The molecule has 0 bridgehead atoms. The summed E-state index contributed by atoms with van der Waals surface area (Å²) in [6, 6.07) is 1.29. The van der Waals surface area contributed by atoms with E-state index in [2.05, 4.69) is 16.5 Å². The molecule has 0 aliphatic carbocycles. The molecule has 2 heterocycles. The fourth-order valence-electron chi connectivity index (χ4n) is 2.88. The number of amides is 1. The molecule has 1 aromatic rings. The first-order valence-corrected chi connectivity index (χ1v) is 8.65. The molecular weight excluding hydrogens is 320 g/mol. The molecule has 136 valence electrons. The number of carbonyl (C=O) groups excluding carboxylic acids is 2. The van der Waals surface area contributed by atoms with Crippen molar-refractivity contribution >= 4 is 17.8 Å². The molecule has 1 aliphatic rings. The van der Waals surface area contributed by atoms with Gasteiger partial charge in [-0.3, -0.25) is 4.79 Å². The van der Waals surface area contributed by atoms with Gasteiger partial charge in [0, 0.05) is 32.0 Å². The van der Waals surface area contributed by atoms with Crippen molar-refractivity contribution in [2.45, 2.75) is 39.2 Å². The highest BCUT2D eigenvalue weighted by atomic mass is 16.5. The maximum absolute atomic E-state index is 12.5. The standard InChI is InChI=1S/C18H26N4O3/c1-4-21(12-14(2)3)16(23)13-25-17(24)15-8-5-6-11-22(15)18-19-9-7-10-20-18/h7,9-10,15H,2,4-6,8,11-13H2,1,3H3. The summed E-state index contributed by atoms with van der Waals surface area (Å²) in [7, 11) is 0. The van der Waals surface area contributed by atoms with Crippen molar-refractivity contribution < 1.29 is 14.3 Å². The largest absolute Gasteiger partial charge is 0.454 e. The van der Waals surface area contributed by atoms with Crippen LogP contribution >= 0.6 is 0 Å². The zero-order valence-electron chi connectivity index (χ0n) is 15.0. The zero-order chi connectivity index (χ0) is 18.2. The van der Waals surface area contributed by atoms with Crippen LogP contribution in [0.25, 0.3) is 0 Å². The number of nitrogens with zero attached hydrogens (tertiary/aromatic N) is 4. The summed E-state index contributed by atoms with van der Waals surface area (Å²) in [6.45, 7) is 9.04. The quantitative estimate of drug-likeness (QED) is 0.554. The van der Waals surface area contributed by atoms with E-state index >= 15 is 0 Å². The number of likely N-dealkylation sites (N-methyl/N-ethyl adjacent to an activating group) is 1. The molecule has 1 aromatic heterocycles. The molecule has 0 N–H and O–H groups in total. The topological polar surface area (TPSA) is 75.6 Å². The van der Waals surface area contributed by atoms with E-state index in [-0.39, 0.29) is 12.5 Å². The average Bonchev–Trinajstić information content (AvgIpc) is 2.64. The van der Waals surface area contributed by atoms with Gasteiger partial charge in [-0.2, -0.15) is 0 Å². The third kappa shape index (κ3) is 5.27. The van der Waals surface area contributed by atoms with Crippen molar-refractivity contribution in [1.82, 2.24) is 14.9 Å². The van der Waals surface area contributed by atoms with Gasteiger partial charge in [0.25, 0.3) is 5.91 Å². The predicted molar refractivity (Wildman–Crippen MR) is 95.0 cm³/mol. The number of rotatable bonds is 7. The van der Waals surface area contributed by atoms with E-state index in [0.29, 0.717) is 32.0 Å². The van der Waals surface area contributed by atoms with E-state index in [1.807, 2.05) is 18.7 Å². The van der Waals surface area contributed by atoms with Crippen LogP contribution in [0.2, 0.25) is 0 Å². The molecule has 1 fully saturated rings. The Hall–Kier alpha value is -2.44. The SMILES string of the molecule is C=C(C)CN(CC)C(=O)COC(=O)C1CCCCN1c1ncccn1. The van der Waals surface area contributed by atoms with Crippen LogP contribution in [0, 0.1) is 0 Å². The van der Waals surface area contributed by atoms with Gasteiger partial charge in [0.2, 0.25) is 5.95 Å². The van der Waals surface area contributed by atoms with Gasteiger partial charge >= 0.3 is 5.97 Å². The van der Waals surface area contributed by atoms with Crippen molar-refractivity contribution in [3.63, 3.8) is 0 Å². The fraction of sp³-hybridized carbons (Fsp3) is 0.556. The highest BCUT2D eigenvalue weighted by Crippen LogP contribution is 2.22. The first-order valence-electron chi connectivity index (χ1n) is 8.65. The van der Waals surface area contributed by atoms with E-state index in [4.69, 9.17) is 4.74 Å². The molecule has 1 atom stereocenters. The molecule has 0 spiro atoms. The van der Waals surface area contributed by atoms with Crippen molar-refractivity contribution in [2.75, 3.05) is 31.1 Å². The lowest BCUT2D eigenvalue weighted by molar-refractivity contribution is -0.153. The maximum atomic E-state index is 12.5. The number of carbonyl (C=O) groups is 2. The number of hydrogen-bond donors (Lipinski definition) is 0. The molecule has 25 heavy (non-hydrogen) atoms. The monoisotopic (exact) mass is 346 g/mol. The number of aromatic nitrogens is 2. The molecule has 0 aromatic carbocycles. The normalized spacial score (nSPS) is 17.0. The third-order valence-corrected chi connectivity index (χ3v) is 4.12. The lowest BCUT2D eigenvalue weighted by Gasteiger charge is -2.34. The summed E-state index contributed by atoms with van der Waals surface area (Å²) < 4.78 is 5.30. The van der Waals surface area contributed by atoms with Gasteiger partial charge in [0.15, 0.2) is 6.61 Å². The van der Waals surface area contributed by atoms with Gasteiger partial charge in [-0.25, -0.2) is 14.8 Å². The molecule has 0 saturated carbocycles. The third-order valence-electron chi connectivity index (χ3n) is 4.12. The molecule has 1 saturated heterocycles. The summed E-state index contributed by atoms with van der Waals surface area (Å²) in [5, 5.41) is 0. The van der Waals surface area contributed by atoms with Gasteiger partial charge < -0.3 is 14.5 Å². The minimum absolute atomic E-state index is 0.211. The van der Waals surface area contributed by atoms with E-state index in [0.717, 1.165) is 18.4 Å². The van der Waals surface area contributed by atoms with Crippen LogP contribution in [-0.2, 0) is 14.3 Å². The van der Waals surface area contributed by atoms with Crippen molar-refractivity contribution in [1.29, 1.82) is 0 Å². The van der Waals surface area contributed by atoms with Gasteiger partial charge in [0.05, 0.1) is 0 Å². The second-order valence-electron chi connectivity index (χ2n) is 6.23. The Bertz CT molecular complexity index is 606. The molecule has 1 amide bonds. The first-order chi connectivity index (χ1) is 12.0. The van der Waals surface area contributed by atoms with Crippen LogP contribution in [0.1, 0.15) is 33.1 Å². The lowest BCUT2D eigenvalue weighted by Crippen LogP contribution is -2.47. The van der Waals surface area contributed by atoms with Crippen LogP contribution in [0.5, 0.6) is 0 Å². The highest BCUT2D eigenvalue weighted by molar-refractivity contribution is 5.84. The van der Waals surface area contributed by atoms with Gasteiger partial charge in [0.1, 0.15) is 6.04 Å². The van der Waals surface area contributed by atoms with Crippen molar-refractivity contribution in [2.24, 2.45) is 0 Å². The second-order valence-corrected chi connectivity index (χ2v) is 6.23. The van der Waals surface area contributed by atoms with E-state index in [1.165, 1.54) is 0 Å². The van der Waals surface area contributed by atoms with E-state index < -0.39 is 12.0 Å². The predicted octanol–water partition coefficient (Wildman–Crippen LogP) is 1.80. The van der Waals surface area contributed by atoms with Crippen LogP contribution in [-0.4, -0.2) is 59.0 Å². The molecule has 7 heteroatoms. The summed E-state index contributed by atoms with van der Waals surface area (Å²) >= 11 is 0. The number of piperidine rings is 1. The van der Waals surface area contributed by atoms with Crippen molar-refractivity contribution in [3.05, 3.63) is 30.6 Å². The lowest BCUT2D eigenvalue weighted by atomic mass is 10.0. The van der Waals surface area contributed by atoms with E-state index in [1.54, 1.807) is 23.4 Å². The number of esters is 1. The fourth-order valence-corrected chi connectivity index (χ4v) is 2.88. The first kappa shape index (κ1) is 18.9. The van der Waals surface area contributed by atoms with Gasteiger partial charge in [-0.15, -0.1) is 0 Å². The van der Waals surface area contributed by atoms with Crippen LogP contribution in [0.4, 0.5) is 5.95 Å². The van der Waals surface area contributed by atoms with Crippen LogP contribution in [0.3, 0.4) is 0 Å². The molecule has 1 aliphatic heterocycles. The molecular formula is C18H26N4O3. The maximum Gasteiger partial charge on any atom is 0.329 e. The van der Waals surface area contributed by atoms with Crippen LogP contribution in [0.15, 0.2) is 30.6 Å². The summed E-state index contributed by atoms with van der Waals surface area (Å²) in [5.74, 6) is -0.0861. The zero-order valence-corrected chi connectivity index (χ0v) is 15.0. The molecule has 2 rings (SSSR count). The smallest absolute Gasteiger partial charge is 0.329 e. The Labute approximate surface area is 148 Å². The van der Waals surface area contributed by atoms with Gasteiger partial charge in [-0.05, 0) is 39.2 Å². The molecule has 1 unspecified atom stereocenters. The highest BCUT2D eigenvalue weighted by Gasteiger charge is 2.32. The summed E-state index contributed by atoms with van der Waals surface area (Å²) in [6.07, 6.45) is 5.89. The van der Waals surface area contributed by atoms with Crippen molar-refractivity contribution in [3.8, 4) is 0 Å². The molecule has 7 nitrogen and oxygen atoms in total. The average molecular weight is 346 g/mol. The summed E-state index contributed by atoms with van der Waals surface area (Å²) in [5.41, 5.74) is 0.890. The Kier molecular flexibility index (Phi) is 6.91.